The third-order valence-corrected chi connectivity index (χ3v) is 4.60. The molecular formula is C16H27N3O. The van der Waals surface area contributed by atoms with Crippen molar-refractivity contribution < 1.29 is 5.11 Å². The molecule has 20 heavy (non-hydrogen) atoms. The molecule has 1 heterocycles. The van der Waals surface area contributed by atoms with Crippen LogP contribution in [0.3, 0.4) is 0 Å². The molecular weight excluding hydrogens is 250 g/mol. The number of piperazine rings is 1. The lowest BCUT2D eigenvalue weighted by Gasteiger charge is -2.46. The summed E-state index contributed by atoms with van der Waals surface area (Å²) in [4.78, 5) is 4.74. The molecule has 1 saturated heterocycles. The molecule has 112 valence electrons. The average molecular weight is 277 g/mol. The summed E-state index contributed by atoms with van der Waals surface area (Å²) < 4.78 is 0. The van der Waals surface area contributed by atoms with E-state index in [1.54, 1.807) is 0 Å². The molecule has 2 N–H and O–H groups in total. The van der Waals surface area contributed by atoms with Gasteiger partial charge < -0.3 is 15.3 Å². The van der Waals surface area contributed by atoms with Crippen LogP contribution in [0.4, 0.5) is 5.69 Å². The number of benzene rings is 1. The first-order chi connectivity index (χ1) is 9.35. The second-order valence-corrected chi connectivity index (χ2v) is 6.41. The van der Waals surface area contributed by atoms with Crippen molar-refractivity contribution >= 4 is 5.69 Å². The molecule has 4 nitrogen and oxygen atoms in total. The number of nitrogens with zero attached hydrogens (tertiary/aromatic N) is 2. The van der Waals surface area contributed by atoms with Gasteiger partial charge in [0, 0.05) is 48.5 Å². The number of aromatic hydroxyl groups is 1. The van der Waals surface area contributed by atoms with Gasteiger partial charge in [0.15, 0.2) is 0 Å². The Kier molecular flexibility index (Phi) is 4.25. The molecule has 0 radical (unpaired) electrons. The zero-order valence-electron chi connectivity index (χ0n) is 13.3. The monoisotopic (exact) mass is 277 g/mol. The van der Waals surface area contributed by atoms with Crippen molar-refractivity contribution in [3.05, 3.63) is 23.8 Å². The third-order valence-electron chi connectivity index (χ3n) is 4.60. The van der Waals surface area contributed by atoms with Crippen LogP contribution in [0.2, 0.25) is 0 Å². The van der Waals surface area contributed by atoms with E-state index in [9.17, 15) is 5.11 Å². The summed E-state index contributed by atoms with van der Waals surface area (Å²) in [7, 11) is 4.08. The highest BCUT2D eigenvalue weighted by Gasteiger charge is 2.31. The summed E-state index contributed by atoms with van der Waals surface area (Å²) in [5.74, 6) is 0.376. The minimum atomic E-state index is 0.158. The molecule has 1 aromatic carbocycles. The Labute approximate surface area is 122 Å². The Morgan fingerprint density at radius 1 is 1.30 bits per heavy atom. The van der Waals surface area contributed by atoms with Crippen LogP contribution in [0.25, 0.3) is 0 Å². The molecule has 0 spiro atoms. The van der Waals surface area contributed by atoms with Crippen molar-refractivity contribution in [3.8, 4) is 5.75 Å². The topological polar surface area (TPSA) is 38.7 Å². The molecule has 0 aromatic heterocycles. The Bertz CT molecular complexity index is 473. The van der Waals surface area contributed by atoms with Crippen LogP contribution in [0.5, 0.6) is 5.75 Å². The first kappa shape index (κ1) is 15.1. The number of phenolic OH excluding ortho intramolecular Hbond substituents is 1. The van der Waals surface area contributed by atoms with E-state index < -0.39 is 0 Å². The number of hydrogen-bond acceptors (Lipinski definition) is 4. The van der Waals surface area contributed by atoms with E-state index in [1.807, 2.05) is 26.1 Å². The first-order valence-electron chi connectivity index (χ1n) is 7.31. The Balaban J connectivity index is 2.20. The van der Waals surface area contributed by atoms with E-state index in [1.165, 1.54) is 0 Å². The SMILES string of the molecule is CNC(C)c1ccc(N2CCN(C)C(C)(C)C2)cc1O. The van der Waals surface area contributed by atoms with Crippen molar-refractivity contribution in [2.24, 2.45) is 0 Å². The molecule has 1 unspecified atom stereocenters. The van der Waals surface area contributed by atoms with Gasteiger partial charge in [0.1, 0.15) is 5.75 Å². The van der Waals surface area contributed by atoms with E-state index in [0.29, 0.717) is 5.75 Å². The predicted molar refractivity (Wildman–Crippen MR) is 84.5 cm³/mol. The quantitative estimate of drug-likeness (QED) is 0.888. The molecule has 4 heteroatoms. The van der Waals surface area contributed by atoms with Crippen molar-refractivity contribution in [2.75, 3.05) is 38.6 Å². The van der Waals surface area contributed by atoms with Gasteiger partial charge in [-0.3, -0.25) is 4.90 Å². The second-order valence-electron chi connectivity index (χ2n) is 6.41. The molecule has 1 fully saturated rings. The van der Waals surface area contributed by atoms with E-state index >= 15 is 0 Å². The lowest BCUT2D eigenvalue weighted by atomic mass is 9.98. The van der Waals surface area contributed by atoms with Crippen molar-refractivity contribution in [3.63, 3.8) is 0 Å². The number of rotatable bonds is 3. The van der Waals surface area contributed by atoms with Crippen molar-refractivity contribution in [1.82, 2.24) is 10.2 Å². The predicted octanol–water partition coefficient (Wildman–Crippen LogP) is 2.20. The molecule has 1 aromatic rings. The van der Waals surface area contributed by atoms with Crippen LogP contribution in [0.1, 0.15) is 32.4 Å². The first-order valence-corrected chi connectivity index (χ1v) is 7.31. The molecule has 0 aliphatic carbocycles. The standard InChI is InChI=1S/C16H27N3O/c1-12(17-4)14-7-6-13(10-15(14)20)19-9-8-18(5)16(2,3)11-19/h6-7,10,12,17,20H,8-9,11H2,1-5H3. The van der Waals surface area contributed by atoms with Crippen LogP contribution >= 0.6 is 0 Å². The summed E-state index contributed by atoms with van der Waals surface area (Å²) in [6.07, 6.45) is 0. The Morgan fingerprint density at radius 3 is 2.55 bits per heavy atom. The van der Waals surface area contributed by atoms with Crippen LogP contribution in [-0.2, 0) is 0 Å². The lowest BCUT2D eigenvalue weighted by molar-refractivity contribution is 0.139. The lowest BCUT2D eigenvalue weighted by Crippen LogP contribution is -2.57. The molecule has 1 aliphatic rings. The minimum Gasteiger partial charge on any atom is -0.508 e. The van der Waals surface area contributed by atoms with Crippen LogP contribution in [0.15, 0.2) is 18.2 Å². The van der Waals surface area contributed by atoms with Gasteiger partial charge in [-0.15, -0.1) is 0 Å². The second kappa shape index (κ2) is 5.62. The molecule has 2 rings (SSSR count). The maximum Gasteiger partial charge on any atom is 0.122 e. The van der Waals surface area contributed by atoms with Gasteiger partial charge in [-0.1, -0.05) is 6.07 Å². The van der Waals surface area contributed by atoms with E-state index in [4.69, 9.17) is 0 Å². The van der Waals surface area contributed by atoms with Crippen molar-refractivity contribution in [1.29, 1.82) is 0 Å². The van der Waals surface area contributed by atoms with Gasteiger partial charge in [-0.2, -0.15) is 0 Å². The Morgan fingerprint density at radius 2 is 2.00 bits per heavy atom. The highest BCUT2D eigenvalue weighted by atomic mass is 16.3. The number of hydrogen-bond donors (Lipinski definition) is 2. The summed E-state index contributed by atoms with van der Waals surface area (Å²) in [6.45, 7) is 9.59. The number of nitrogens with one attached hydrogen (secondary N) is 1. The van der Waals surface area contributed by atoms with E-state index in [2.05, 4.69) is 42.1 Å². The summed E-state index contributed by atoms with van der Waals surface area (Å²) in [5, 5.41) is 13.4. The van der Waals surface area contributed by atoms with E-state index in [0.717, 1.165) is 30.9 Å². The summed E-state index contributed by atoms with van der Waals surface area (Å²) in [5.41, 5.74) is 2.21. The van der Waals surface area contributed by atoms with Gasteiger partial charge in [0.25, 0.3) is 0 Å². The highest BCUT2D eigenvalue weighted by Crippen LogP contribution is 2.31. The zero-order chi connectivity index (χ0) is 14.9. The third kappa shape index (κ3) is 2.91. The maximum atomic E-state index is 10.2. The van der Waals surface area contributed by atoms with Gasteiger partial charge in [0.2, 0.25) is 0 Å². The largest absolute Gasteiger partial charge is 0.508 e. The Hall–Kier alpha value is -1.26. The minimum absolute atomic E-state index is 0.158. The van der Waals surface area contributed by atoms with Crippen molar-refractivity contribution in [2.45, 2.75) is 32.4 Å². The molecule has 0 saturated carbocycles. The fourth-order valence-corrected chi connectivity index (χ4v) is 2.71. The fourth-order valence-electron chi connectivity index (χ4n) is 2.71. The molecule has 0 bridgehead atoms. The summed E-state index contributed by atoms with van der Waals surface area (Å²) >= 11 is 0. The van der Waals surface area contributed by atoms with Crippen LogP contribution < -0.4 is 10.2 Å². The number of likely N-dealkylation sites (N-methyl/N-ethyl adjacent to an activating group) is 1. The average Bonchev–Trinajstić information content (AvgIpc) is 2.41. The van der Waals surface area contributed by atoms with Gasteiger partial charge in [0.05, 0.1) is 0 Å². The van der Waals surface area contributed by atoms with Gasteiger partial charge in [-0.25, -0.2) is 0 Å². The van der Waals surface area contributed by atoms with E-state index in [-0.39, 0.29) is 11.6 Å². The molecule has 1 aliphatic heterocycles. The van der Waals surface area contributed by atoms with Gasteiger partial charge >= 0.3 is 0 Å². The summed E-state index contributed by atoms with van der Waals surface area (Å²) in [6, 6.07) is 6.19. The smallest absolute Gasteiger partial charge is 0.122 e. The van der Waals surface area contributed by atoms with Gasteiger partial charge in [-0.05, 0) is 40.9 Å². The normalized spacial score (nSPS) is 20.9. The zero-order valence-corrected chi connectivity index (χ0v) is 13.3. The number of anilines is 1. The maximum absolute atomic E-state index is 10.2. The highest BCUT2D eigenvalue weighted by molar-refractivity contribution is 5.54. The molecule has 1 atom stereocenters. The molecule has 0 amide bonds. The number of phenols is 1. The van der Waals surface area contributed by atoms with Crippen LogP contribution in [0, 0.1) is 0 Å². The fraction of sp³-hybridized carbons (Fsp3) is 0.625. The van der Waals surface area contributed by atoms with Crippen LogP contribution in [-0.4, -0.2) is 49.3 Å².